The normalized spacial score (nSPS) is 14.6. The third kappa shape index (κ3) is 1.33. The van der Waals surface area contributed by atoms with Crippen molar-refractivity contribution in [1.82, 2.24) is 9.97 Å². The van der Waals surface area contributed by atoms with E-state index in [0.717, 1.165) is 17.2 Å². The zero-order chi connectivity index (χ0) is 11.0. The van der Waals surface area contributed by atoms with E-state index in [1.807, 2.05) is 25.3 Å². The highest BCUT2D eigenvalue weighted by Gasteiger charge is 2.19. The van der Waals surface area contributed by atoms with Crippen LogP contribution in [0.4, 0.5) is 0 Å². The van der Waals surface area contributed by atoms with Crippen molar-refractivity contribution >= 4 is 5.57 Å². The number of aromatic amines is 1. The number of benzene rings is 1. The molecule has 3 rings (SSSR count). The van der Waals surface area contributed by atoms with Gasteiger partial charge in [0.25, 0.3) is 0 Å². The van der Waals surface area contributed by atoms with Crippen molar-refractivity contribution < 1.29 is 4.74 Å². The van der Waals surface area contributed by atoms with E-state index in [9.17, 15) is 0 Å². The van der Waals surface area contributed by atoms with Gasteiger partial charge < -0.3 is 9.72 Å². The molecule has 1 aromatic carbocycles. The van der Waals surface area contributed by atoms with Gasteiger partial charge in [0, 0.05) is 12.4 Å². The van der Waals surface area contributed by atoms with Crippen molar-refractivity contribution in [3.05, 3.63) is 59.4 Å². The van der Waals surface area contributed by atoms with Gasteiger partial charge in [-0.15, -0.1) is 0 Å². The maximum atomic E-state index is 5.66. The second-order valence-corrected chi connectivity index (χ2v) is 3.81. The largest absolute Gasteiger partial charge is 0.493 e. The van der Waals surface area contributed by atoms with E-state index in [2.05, 4.69) is 22.1 Å². The summed E-state index contributed by atoms with van der Waals surface area (Å²) in [7, 11) is 0. The first-order valence-electron chi connectivity index (χ1n) is 5.28. The molecule has 0 atom stereocenters. The van der Waals surface area contributed by atoms with Gasteiger partial charge in [0.1, 0.15) is 18.2 Å². The molecule has 0 fully saturated rings. The Hall–Kier alpha value is -2.03. The lowest BCUT2D eigenvalue weighted by Gasteiger charge is -2.21. The van der Waals surface area contributed by atoms with E-state index < -0.39 is 0 Å². The molecule has 0 saturated carbocycles. The number of fused-ring (bicyclic) bond motifs is 1. The molecule has 3 nitrogen and oxygen atoms in total. The van der Waals surface area contributed by atoms with Crippen LogP contribution in [0.2, 0.25) is 0 Å². The zero-order valence-electron chi connectivity index (χ0n) is 9.03. The number of hydrogen-bond donors (Lipinski definition) is 1. The molecule has 3 heteroatoms. The number of imidazole rings is 1. The fraction of sp³-hybridized carbons (Fsp3) is 0.154. The third-order valence-corrected chi connectivity index (χ3v) is 2.82. The smallest absolute Gasteiger partial charge is 0.141 e. The Kier molecular flexibility index (Phi) is 2.03. The van der Waals surface area contributed by atoms with Crippen molar-refractivity contribution in [2.75, 3.05) is 0 Å². The molecule has 16 heavy (non-hydrogen) atoms. The van der Waals surface area contributed by atoms with Crippen LogP contribution in [0.5, 0.6) is 0 Å². The van der Waals surface area contributed by atoms with Crippen molar-refractivity contribution in [2.45, 2.75) is 13.5 Å². The summed E-state index contributed by atoms with van der Waals surface area (Å²) in [6.07, 6.45) is 3.58. The van der Waals surface area contributed by atoms with Gasteiger partial charge in [0.05, 0.1) is 5.57 Å². The molecule has 0 saturated heterocycles. The lowest BCUT2D eigenvalue weighted by atomic mass is 9.97. The van der Waals surface area contributed by atoms with Crippen LogP contribution in [0.1, 0.15) is 23.9 Å². The van der Waals surface area contributed by atoms with E-state index in [1.54, 1.807) is 6.20 Å². The Morgan fingerprint density at radius 2 is 2.19 bits per heavy atom. The summed E-state index contributed by atoms with van der Waals surface area (Å²) in [5, 5.41) is 0. The second-order valence-electron chi connectivity index (χ2n) is 3.81. The van der Waals surface area contributed by atoms with Crippen LogP contribution in [-0.4, -0.2) is 9.97 Å². The van der Waals surface area contributed by atoms with E-state index in [-0.39, 0.29) is 0 Å². The highest BCUT2D eigenvalue weighted by atomic mass is 16.5. The fourth-order valence-corrected chi connectivity index (χ4v) is 2.03. The van der Waals surface area contributed by atoms with Crippen LogP contribution < -0.4 is 0 Å². The fourth-order valence-electron chi connectivity index (χ4n) is 2.03. The van der Waals surface area contributed by atoms with Gasteiger partial charge in [-0.1, -0.05) is 24.3 Å². The van der Waals surface area contributed by atoms with Gasteiger partial charge in [0.15, 0.2) is 0 Å². The summed E-state index contributed by atoms with van der Waals surface area (Å²) in [4.78, 5) is 7.42. The Labute approximate surface area is 93.8 Å². The minimum atomic E-state index is 0.645. The number of rotatable bonds is 1. The number of H-pyrrole nitrogens is 1. The number of nitrogens with one attached hydrogen (secondary N) is 1. The van der Waals surface area contributed by atoms with Crippen molar-refractivity contribution in [3.8, 4) is 0 Å². The van der Waals surface area contributed by atoms with Gasteiger partial charge in [-0.3, -0.25) is 0 Å². The molecule has 2 aromatic rings. The van der Waals surface area contributed by atoms with Gasteiger partial charge in [0.2, 0.25) is 0 Å². The summed E-state index contributed by atoms with van der Waals surface area (Å²) in [5.41, 5.74) is 3.48. The van der Waals surface area contributed by atoms with E-state index in [0.29, 0.717) is 6.61 Å². The summed E-state index contributed by atoms with van der Waals surface area (Å²) < 4.78 is 5.66. The molecule has 1 aliphatic heterocycles. The molecule has 1 aliphatic rings. The second kappa shape index (κ2) is 3.52. The summed E-state index contributed by atoms with van der Waals surface area (Å²) in [5.74, 6) is 1.79. The topological polar surface area (TPSA) is 37.9 Å². The van der Waals surface area contributed by atoms with Crippen LogP contribution in [0.15, 0.2) is 42.4 Å². The summed E-state index contributed by atoms with van der Waals surface area (Å²) in [6, 6.07) is 8.27. The zero-order valence-corrected chi connectivity index (χ0v) is 9.03. The Morgan fingerprint density at radius 3 is 3.00 bits per heavy atom. The average molecular weight is 212 g/mol. The molecular formula is C13H12N2O. The van der Waals surface area contributed by atoms with Crippen LogP contribution in [0.3, 0.4) is 0 Å². The molecule has 0 amide bonds. The Balaban J connectivity index is 2.22. The molecule has 1 N–H and O–H groups in total. The van der Waals surface area contributed by atoms with Crippen molar-refractivity contribution in [3.63, 3.8) is 0 Å². The number of hydrogen-bond acceptors (Lipinski definition) is 2. The van der Waals surface area contributed by atoms with Crippen molar-refractivity contribution in [1.29, 1.82) is 0 Å². The van der Waals surface area contributed by atoms with Gasteiger partial charge in [-0.2, -0.15) is 0 Å². The number of allylic oxidation sites excluding steroid dienone is 1. The van der Waals surface area contributed by atoms with Crippen LogP contribution >= 0.6 is 0 Å². The molecule has 80 valence electrons. The van der Waals surface area contributed by atoms with Gasteiger partial charge in [-0.05, 0) is 18.1 Å². The first kappa shape index (κ1) is 9.21. The maximum Gasteiger partial charge on any atom is 0.141 e. The predicted octanol–water partition coefficient (Wildman–Crippen LogP) is 2.72. The molecular weight excluding hydrogens is 200 g/mol. The summed E-state index contributed by atoms with van der Waals surface area (Å²) in [6.45, 7) is 2.63. The third-order valence-electron chi connectivity index (χ3n) is 2.82. The quantitative estimate of drug-likeness (QED) is 0.789. The highest BCUT2D eigenvalue weighted by molar-refractivity contribution is 5.80. The average Bonchev–Trinajstić information content (AvgIpc) is 2.82. The molecule has 0 spiro atoms. The minimum Gasteiger partial charge on any atom is -0.493 e. The van der Waals surface area contributed by atoms with Gasteiger partial charge in [-0.25, -0.2) is 4.98 Å². The molecule has 0 bridgehead atoms. The maximum absolute atomic E-state index is 5.66. The van der Waals surface area contributed by atoms with Crippen molar-refractivity contribution in [2.24, 2.45) is 0 Å². The lowest BCUT2D eigenvalue weighted by molar-refractivity contribution is 0.197. The van der Waals surface area contributed by atoms with Crippen LogP contribution in [0.25, 0.3) is 5.57 Å². The van der Waals surface area contributed by atoms with Crippen LogP contribution in [0, 0.1) is 0 Å². The molecule has 0 radical (unpaired) electrons. The number of nitrogens with zero attached hydrogens (tertiary/aromatic N) is 1. The monoisotopic (exact) mass is 212 g/mol. The molecule has 1 aromatic heterocycles. The Morgan fingerprint density at radius 1 is 1.31 bits per heavy atom. The Bertz CT molecular complexity index is 541. The van der Waals surface area contributed by atoms with E-state index >= 15 is 0 Å². The SMILES string of the molecule is CC1=C(c2ncc[nH]2)c2ccccc2CO1. The van der Waals surface area contributed by atoms with Gasteiger partial charge >= 0.3 is 0 Å². The van der Waals surface area contributed by atoms with E-state index in [1.165, 1.54) is 11.1 Å². The first-order chi connectivity index (χ1) is 7.86. The molecule has 0 aliphatic carbocycles. The minimum absolute atomic E-state index is 0.645. The molecule has 0 unspecified atom stereocenters. The predicted molar refractivity (Wildman–Crippen MR) is 61.5 cm³/mol. The number of ether oxygens (including phenoxy) is 1. The first-order valence-corrected chi connectivity index (χ1v) is 5.28. The van der Waals surface area contributed by atoms with Crippen LogP contribution in [-0.2, 0) is 11.3 Å². The standard InChI is InChI=1S/C13H12N2O/c1-9-12(13-14-6-7-15-13)11-5-3-2-4-10(11)8-16-9/h2-7H,8H2,1H3,(H,14,15). The summed E-state index contributed by atoms with van der Waals surface area (Å²) >= 11 is 0. The number of aromatic nitrogens is 2. The lowest BCUT2D eigenvalue weighted by Crippen LogP contribution is -2.07. The van der Waals surface area contributed by atoms with E-state index in [4.69, 9.17) is 4.74 Å². The molecule has 2 heterocycles. The highest BCUT2D eigenvalue weighted by Crippen LogP contribution is 2.32.